The molecule has 2 heterocycles. The van der Waals surface area contributed by atoms with E-state index in [2.05, 4.69) is 20.5 Å². The molecule has 0 aromatic carbocycles. The summed E-state index contributed by atoms with van der Waals surface area (Å²) in [6.45, 7) is 3.15. The number of rotatable bonds is 5. The Morgan fingerprint density at radius 2 is 2.15 bits per heavy atom. The normalized spacial score (nSPS) is 17.1. The molecule has 110 valence electrons. The Morgan fingerprint density at radius 3 is 2.75 bits per heavy atom. The molecule has 1 saturated heterocycles. The number of amides is 2. The minimum Gasteiger partial charge on any atom is -0.357 e. The molecule has 2 amide bonds. The first kappa shape index (κ1) is 14.7. The number of nitrogens with zero attached hydrogens (tertiary/aromatic N) is 1. The molecule has 0 unspecified atom stereocenters. The van der Waals surface area contributed by atoms with Crippen LogP contribution in [-0.2, 0) is 4.79 Å². The van der Waals surface area contributed by atoms with Crippen molar-refractivity contribution in [3.8, 4) is 0 Å². The highest BCUT2D eigenvalue weighted by atomic mass is 16.2. The minimum absolute atomic E-state index is 0.239. The summed E-state index contributed by atoms with van der Waals surface area (Å²) in [4.78, 5) is 28.4. The van der Waals surface area contributed by atoms with Gasteiger partial charge < -0.3 is 10.3 Å². The van der Waals surface area contributed by atoms with E-state index in [1.54, 1.807) is 18.3 Å². The van der Waals surface area contributed by atoms with Crippen molar-refractivity contribution in [1.82, 2.24) is 20.5 Å². The maximum absolute atomic E-state index is 11.8. The van der Waals surface area contributed by atoms with Crippen LogP contribution in [0.25, 0.3) is 0 Å². The number of aromatic amines is 1. The predicted molar refractivity (Wildman–Crippen MR) is 76.4 cm³/mol. The van der Waals surface area contributed by atoms with Gasteiger partial charge in [0.2, 0.25) is 5.91 Å². The summed E-state index contributed by atoms with van der Waals surface area (Å²) in [6.07, 6.45) is 3.85. The smallest absolute Gasteiger partial charge is 0.274 e. The average Bonchev–Trinajstić information content (AvgIpc) is 2.95. The number of aromatic nitrogens is 1. The Hall–Kier alpha value is -1.66. The summed E-state index contributed by atoms with van der Waals surface area (Å²) in [7, 11) is 1.96. The highest BCUT2D eigenvalue weighted by Crippen LogP contribution is 2.15. The van der Waals surface area contributed by atoms with Gasteiger partial charge in [-0.25, -0.2) is 0 Å². The predicted octanol–water partition coefficient (Wildman–Crippen LogP) is 0.203. The van der Waals surface area contributed by atoms with E-state index in [0.29, 0.717) is 18.2 Å². The van der Waals surface area contributed by atoms with Crippen LogP contribution in [-0.4, -0.2) is 54.9 Å². The van der Waals surface area contributed by atoms with Crippen molar-refractivity contribution in [2.45, 2.75) is 12.8 Å². The second kappa shape index (κ2) is 7.21. The van der Waals surface area contributed by atoms with Crippen molar-refractivity contribution in [3.63, 3.8) is 0 Å². The third kappa shape index (κ3) is 4.18. The minimum atomic E-state index is -0.370. The number of piperidine rings is 1. The molecule has 0 saturated carbocycles. The fourth-order valence-corrected chi connectivity index (χ4v) is 2.55. The molecule has 1 aliphatic rings. The third-order valence-electron chi connectivity index (χ3n) is 3.66. The van der Waals surface area contributed by atoms with Gasteiger partial charge in [0.15, 0.2) is 0 Å². The summed E-state index contributed by atoms with van der Waals surface area (Å²) in [6, 6.07) is 3.37. The number of nitrogens with one attached hydrogen (secondary N) is 3. The van der Waals surface area contributed by atoms with Crippen LogP contribution in [0.1, 0.15) is 23.3 Å². The molecule has 0 atom stereocenters. The quantitative estimate of drug-likeness (QED) is 0.719. The summed E-state index contributed by atoms with van der Waals surface area (Å²) in [5.74, 6) is 0.0848. The van der Waals surface area contributed by atoms with Crippen molar-refractivity contribution in [2.24, 2.45) is 5.92 Å². The summed E-state index contributed by atoms with van der Waals surface area (Å²) >= 11 is 0. The first-order chi connectivity index (χ1) is 9.69. The molecule has 1 fully saturated rings. The number of H-pyrrole nitrogens is 1. The molecular weight excluding hydrogens is 256 g/mol. The van der Waals surface area contributed by atoms with Crippen molar-refractivity contribution in [3.05, 3.63) is 24.0 Å². The van der Waals surface area contributed by atoms with Crippen molar-refractivity contribution < 1.29 is 9.59 Å². The molecule has 1 aromatic heterocycles. The fraction of sp³-hybridized carbons (Fsp3) is 0.571. The Morgan fingerprint density at radius 1 is 1.40 bits per heavy atom. The first-order valence-electron chi connectivity index (χ1n) is 7.03. The van der Waals surface area contributed by atoms with Crippen LogP contribution in [0.2, 0.25) is 0 Å². The van der Waals surface area contributed by atoms with Gasteiger partial charge in [-0.15, -0.1) is 0 Å². The van der Waals surface area contributed by atoms with Crippen LogP contribution in [0, 0.1) is 5.92 Å². The Balaban J connectivity index is 1.71. The molecule has 1 aliphatic heterocycles. The van der Waals surface area contributed by atoms with Gasteiger partial charge in [0.25, 0.3) is 5.91 Å². The number of carbonyl (C=O) groups is 2. The van der Waals surface area contributed by atoms with Gasteiger partial charge in [0.05, 0.1) is 6.54 Å². The molecular formula is C14H22N4O2. The summed E-state index contributed by atoms with van der Waals surface area (Å²) in [5, 5.41) is 5.59. The van der Waals surface area contributed by atoms with E-state index in [0.717, 1.165) is 32.5 Å². The lowest BCUT2D eigenvalue weighted by atomic mass is 9.97. The lowest BCUT2D eigenvalue weighted by molar-refractivity contribution is -0.121. The van der Waals surface area contributed by atoms with Crippen LogP contribution in [0.4, 0.5) is 0 Å². The molecule has 3 N–H and O–H groups in total. The van der Waals surface area contributed by atoms with E-state index in [1.807, 2.05) is 7.05 Å². The van der Waals surface area contributed by atoms with E-state index >= 15 is 0 Å². The van der Waals surface area contributed by atoms with Crippen molar-refractivity contribution in [2.75, 3.05) is 33.2 Å². The van der Waals surface area contributed by atoms with Gasteiger partial charge in [-0.05, 0) is 57.6 Å². The standard InChI is InChI=1S/C14H22N4O2/c1-15-9-11-4-7-18(8-5-11)10-13(19)17-14(20)12-3-2-6-16-12/h2-3,6,11,15-16H,4-5,7-10H2,1H3,(H,17,19,20). The van der Waals surface area contributed by atoms with E-state index < -0.39 is 0 Å². The Labute approximate surface area is 118 Å². The van der Waals surface area contributed by atoms with Gasteiger partial charge in [-0.3, -0.25) is 19.8 Å². The molecule has 6 nitrogen and oxygen atoms in total. The van der Waals surface area contributed by atoms with Gasteiger partial charge in [-0.1, -0.05) is 0 Å². The van der Waals surface area contributed by atoms with Gasteiger partial charge in [-0.2, -0.15) is 0 Å². The van der Waals surface area contributed by atoms with Gasteiger partial charge >= 0.3 is 0 Å². The second-order valence-electron chi connectivity index (χ2n) is 5.24. The van der Waals surface area contributed by atoms with E-state index in [-0.39, 0.29) is 11.8 Å². The van der Waals surface area contributed by atoms with Crippen LogP contribution in [0.5, 0.6) is 0 Å². The van der Waals surface area contributed by atoms with Crippen LogP contribution in [0.3, 0.4) is 0 Å². The molecule has 0 radical (unpaired) electrons. The Bertz CT molecular complexity index is 436. The number of hydrogen-bond acceptors (Lipinski definition) is 4. The molecule has 0 aliphatic carbocycles. The fourth-order valence-electron chi connectivity index (χ4n) is 2.55. The molecule has 20 heavy (non-hydrogen) atoms. The highest BCUT2D eigenvalue weighted by molar-refractivity contribution is 6.04. The monoisotopic (exact) mass is 278 g/mol. The molecule has 2 rings (SSSR count). The topological polar surface area (TPSA) is 77.2 Å². The van der Waals surface area contributed by atoms with Crippen molar-refractivity contribution in [1.29, 1.82) is 0 Å². The van der Waals surface area contributed by atoms with Crippen LogP contribution in [0.15, 0.2) is 18.3 Å². The lowest BCUT2D eigenvalue weighted by Gasteiger charge is -2.31. The van der Waals surface area contributed by atoms with Gasteiger partial charge in [0, 0.05) is 6.20 Å². The maximum atomic E-state index is 11.8. The number of likely N-dealkylation sites (tertiary alicyclic amines) is 1. The highest BCUT2D eigenvalue weighted by Gasteiger charge is 2.21. The molecule has 1 aromatic rings. The van der Waals surface area contributed by atoms with E-state index in [4.69, 9.17) is 0 Å². The third-order valence-corrected chi connectivity index (χ3v) is 3.66. The molecule has 0 bridgehead atoms. The number of hydrogen-bond donors (Lipinski definition) is 3. The van der Waals surface area contributed by atoms with E-state index in [1.165, 1.54) is 0 Å². The second-order valence-corrected chi connectivity index (χ2v) is 5.24. The largest absolute Gasteiger partial charge is 0.357 e. The average molecular weight is 278 g/mol. The summed E-state index contributed by atoms with van der Waals surface area (Å²) in [5.41, 5.74) is 0.408. The zero-order valence-electron chi connectivity index (χ0n) is 11.8. The number of carbonyl (C=O) groups excluding carboxylic acids is 2. The maximum Gasteiger partial charge on any atom is 0.274 e. The Kier molecular flexibility index (Phi) is 5.31. The first-order valence-corrected chi connectivity index (χ1v) is 7.03. The number of imide groups is 1. The summed E-state index contributed by atoms with van der Waals surface area (Å²) < 4.78 is 0. The zero-order valence-corrected chi connectivity index (χ0v) is 11.8. The van der Waals surface area contributed by atoms with Crippen LogP contribution >= 0.6 is 0 Å². The zero-order chi connectivity index (χ0) is 14.4. The van der Waals surface area contributed by atoms with Crippen LogP contribution < -0.4 is 10.6 Å². The van der Waals surface area contributed by atoms with Crippen molar-refractivity contribution >= 4 is 11.8 Å². The lowest BCUT2D eigenvalue weighted by Crippen LogP contribution is -2.44. The SMILES string of the molecule is CNCC1CCN(CC(=O)NC(=O)c2ccc[nH]2)CC1. The van der Waals surface area contributed by atoms with E-state index in [9.17, 15) is 9.59 Å². The van der Waals surface area contributed by atoms with Gasteiger partial charge in [0.1, 0.15) is 5.69 Å². The molecule has 0 spiro atoms. The molecule has 6 heteroatoms.